The normalized spacial score (nSPS) is 10.0. The van der Waals surface area contributed by atoms with Gasteiger partial charge >= 0.3 is 0 Å². The molecule has 23 heavy (non-hydrogen) atoms. The molecular formula is C16H18N4O3. The van der Waals surface area contributed by atoms with E-state index >= 15 is 0 Å². The van der Waals surface area contributed by atoms with Crippen molar-refractivity contribution in [3.63, 3.8) is 0 Å². The van der Waals surface area contributed by atoms with Crippen LogP contribution in [0.1, 0.15) is 10.4 Å². The van der Waals surface area contributed by atoms with Crippen LogP contribution < -0.4 is 20.7 Å². The quantitative estimate of drug-likeness (QED) is 0.836. The van der Waals surface area contributed by atoms with Crippen molar-refractivity contribution in [2.75, 3.05) is 30.9 Å². The fourth-order valence-corrected chi connectivity index (χ4v) is 1.92. The van der Waals surface area contributed by atoms with Crippen molar-refractivity contribution in [2.24, 2.45) is 5.73 Å². The number of amides is 2. The Labute approximate surface area is 134 Å². The molecule has 120 valence electrons. The first-order chi connectivity index (χ1) is 11.0. The Morgan fingerprint density at radius 3 is 2.52 bits per heavy atom. The van der Waals surface area contributed by atoms with E-state index in [0.29, 0.717) is 22.8 Å². The lowest BCUT2D eigenvalue weighted by Gasteiger charge is -2.15. The van der Waals surface area contributed by atoms with Crippen LogP contribution in [0, 0.1) is 0 Å². The van der Waals surface area contributed by atoms with Gasteiger partial charge in [-0.25, -0.2) is 4.98 Å². The van der Waals surface area contributed by atoms with Crippen LogP contribution in [0.25, 0.3) is 0 Å². The lowest BCUT2D eigenvalue weighted by Crippen LogP contribution is -2.20. The number of hydrogen-bond donors (Lipinski definition) is 2. The summed E-state index contributed by atoms with van der Waals surface area (Å²) in [6.45, 7) is -0.187. The number of ether oxygens (including phenoxy) is 1. The summed E-state index contributed by atoms with van der Waals surface area (Å²) < 4.78 is 5.16. The molecule has 0 saturated carbocycles. The van der Waals surface area contributed by atoms with Gasteiger partial charge in [0, 0.05) is 26.0 Å². The maximum absolute atomic E-state index is 12.4. The van der Waals surface area contributed by atoms with E-state index in [2.05, 4.69) is 10.3 Å². The third-order valence-electron chi connectivity index (χ3n) is 2.95. The Bertz CT molecular complexity index is 699. The average molecular weight is 314 g/mol. The topological polar surface area (TPSA) is 97.6 Å². The van der Waals surface area contributed by atoms with Crippen LogP contribution in [0.2, 0.25) is 0 Å². The Kier molecular flexibility index (Phi) is 5.14. The number of primary amides is 1. The van der Waals surface area contributed by atoms with Crippen molar-refractivity contribution in [3.05, 3.63) is 48.2 Å². The van der Waals surface area contributed by atoms with E-state index in [0.717, 1.165) is 0 Å². The summed E-state index contributed by atoms with van der Waals surface area (Å²) in [6, 6.07) is 10.1. The number of hydrogen-bond acceptors (Lipinski definition) is 5. The number of aromatic nitrogens is 1. The number of rotatable bonds is 6. The highest BCUT2D eigenvalue weighted by molar-refractivity contribution is 6.07. The van der Waals surface area contributed by atoms with E-state index < -0.39 is 5.91 Å². The van der Waals surface area contributed by atoms with E-state index in [1.807, 2.05) is 14.1 Å². The third-order valence-corrected chi connectivity index (χ3v) is 2.95. The second-order valence-electron chi connectivity index (χ2n) is 5.00. The number of carbonyl (C=O) groups is 2. The van der Waals surface area contributed by atoms with Crippen molar-refractivity contribution < 1.29 is 14.3 Å². The number of nitrogens with zero attached hydrogens (tertiary/aromatic N) is 2. The first-order valence-electron chi connectivity index (χ1n) is 6.92. The summed E-state index contributed by atoms with van der Waals surface area (Å²) in [5.74, 6) is 0.284. The number of nitrogens with one attached hydrogen (secondary N) is 1. The Morgan fingerprint density at radius 2 is 1.91 bits per heavy atom. The van der Waals surface area contributed by atoms with Gasteiger partial charge in [-0.2, -0.15) is 0 Å². The minimum atomic E-state index is -0.546. The molecule has 0 saturated heterocycles. The predicted molar refractivity (Wildman–Crippen MR) is 87.6 cm³/mol. The Morgan fingerprint density at radius 1 is 1.22 bits per heavy atom. The van der Waals surface area contributed by atoms with Gasteiger partial charge in [-0.1, -0.05) is 0 Å². The SMILES string of the molecule is CN(C)c1ncccc1C(=O)Nc1ccc(OCC(N)=O)cc1. The minimum absolute atomic E-state index is 0.187. The zero-order valence-corrected chi connectivity index (χ0v) is 12.9. The largest absolute Gasteiger partial charge is 0.484 e. The molecule has 0 aliphatic heterocycles. The molecule has 0 aliphatic rings. The second-order valence-corrected chi connectivity index (χ2v) is 5.00. The molecule has 7 heteroatoms. The van der Waals surface area contributed by atoms with Gasteiger partial charge in [-0.05, 0) is 36.4 Å². The van der Waals surface area contributed by atoms with E-state index in [1.54, 1.807) is 47.5 Å². The highest BCUT2D eigenvalue weighted by atomic mass is 16.5. The molecule has 0 bridgehead atoms. The number of nitrogens with two attached hydrogens (primary N) is 1. The summed E-state index contributed by atoms with van der Waals surface area (Å²) in [5, 5.41) is 2.79. The lowest BCUT2D eigenvalue weighted by molar-refractivity contribution is -0.119. The fraction of sp³-hybridized carbons (Fsp3) is 0.188. The molecule has 1 aromatic heterocycles. The van der Waals surface area contributed by atoms with Crippen molar-refractivity contribution in [1.82, 2.24) is 4.98 Å². The van der Waals surface area contributed by atoms with Crippen molar-refractivity contribution in [3.8, 4) is 5.75 Å². The summed E-state index contributed by atoms with van der Waals surface area (Å²) in [6.07, 6.45) is 1.64. The monoisotopic (exact) mass is 314 g/mol. The van der Waals surface area contributed by atoms with Gasteiger partial charge in [0.25, 0.3) is 11.8 Å². The molecule has 1 aromatic carbocycles. The van der Waals surface area contributed by atoms with Crippen molar-refractivity contribution in [1.29, 1.82) is 0 Å². The molecule has 0 radical (unpaired) electrons. The van der Waals surface area contributed by atoms with E-state index in [1.165, 1.54) is 0 Å². The summed E-state index contributed by atoms with van der Waals surface area (Å²) in [5.41, 5.74) is 6.09. The van der Waals surface area contributed by atoms with Crippen molar-refractivity contribution in [2.45, 2.75) is 0 Å². The molecule has 0 atom stereocenters. The molecule has 3 N–H and O–H groups in total. The van der Waals surface area contributed by atoms with Gasteiger partial charge in [-0.3, -0.25) is 9.59 Å². The van der Waals surface area contributed by atoms with Crippen molar-refractivity contribution >= 4 is 23.3 Å². The molecule has 2 aromatic rings. The van der Waals surface area contributed by atoms with Crippen LogP contribution in [0.5, 0.6) is 5.75 Å². The zero-order valence-electron chi connectivity index (χ0n) is 12.9. The summed E-state index contributed by atoms with van der Waals surface area (Å²) >= 11 is 0. The van der Waals surface area contributed by atoms with Crippen LogP contribution in [-0.2, 0) is 4.79 Å². The van der Waals surface area contributed by atoms with Crippen LogP contribution in [0.3, 0.4) is 0 Å². The molecule has 1 heterocycles. The smallest absolute Gasteiger partial charge is 0.259 e. The van der Waals surface area contributed by atoms with Crippen LogP contribution in [0.15, 0.2) is 42.6 Å². The Balaban J connectivity index is 2.07. The van der Waals surface area contributed by atoms with E-state index in [9.17, 15) is 9.59 Å². The summed E-state index contributed by atoms with van der Waals surface area (Å²) in [4.78, 5) is 29.0. The lowest BCUT2D eigenvalue weighted by atomic mass is 10.2. The summed E-state index contributed by atoms with van der Waals surface area (Å²) in [7, 11) is 3.65. The highest BCUT2D eigenvalue weighted by Crippen LogP contribution is 2.19. The van der Waals surface area contributed by atoms with E-state index in [4.69, 9.17) is 10.5 Å². The Hall–Kier alpha value is -3.09. The van der Waals surface area contributed by atoms with E-state index in [-0.39, 0.29) is 12.5 Å². The number of benzene rings is 1. The predicted octanol–water partition coefficient (Wildman–Crippen LogP) is 1.26. The van der Waals surface area contributed by atoms with Gasteiger partial charge in [0.05, 0.1) is 5.56 Å². The van der Waals surface area contributed by atoms with Gasteiger partial charge in [-0.15, -0.1) is 0 Å². The molecule has 0 spiro atoms. The van der Waals surface area contributed by atoms with Gasteiger partial charge < -0.3 is 20.7 Å². The first kappa shape index (κ1) is 16.3. The van der Waals surface area contributed by atoms with Crippen LogP contribution in [-0.4, -0.2) is 37.5 Å². The van der Waals surface area contributed by atoms with Gasteiger partial charge in [0.15, 0.2) is 6.61 Å². The number of anilines is 2. The molecular weight excluding hydrogens is 296 g/mol. The third kappa shape index (κ3) is 4.44. The highest BCUT2D eigenvalue weighted by Gasteiger charge is 2.13. The molecule has 0 fully saturated rings. The molecule has 0 unspecified atom stereocenters. The standard InChI is InChI=1S/C16H18N4O3/c1-20(2)15-13(4-3-9-18-15)16(22)19-11-5-7-12(8-6-11)23-10-14(17)21/h3-9H,10H2,1-2H3,(H2,17,21)(H,19,22). The average Bonchev–Trinajstić information content (AvgIpc) is 2.54. The first-order valence-corrected chi connectivity index (χ1v) is 6.92. The fourth-order valence-electron chi connectivity index (χ4n) is 1.92. The zero-order chi connectivity index (χ0) is 16.8. The number of carbonyl (C=O) groups excluding carboxylic acids is 2. The minimum Gasteiger partial charge on any atom is -0.484 e. The second kappa shape index (κ2) is 7.26. The molecule has 0 aliphatic carbocycles. The van der Waals surface area contributed by atoms with Crippen LogP contribution in [0.4, 0.5) is 11.5 Å². The molecule has 2 rings (SSSR count). The number of pyridine rings is 1. The van der Waals surface area contributed by atoms with Gasteiger partial charge in [0.1, 0.15) is 11.6 Å². The maximum Gasteiger partial charge on any atom is 0.259 e. The van der Waals surface area contributed by atoms with Crippen LogP contribution >= 0.6 is 0 Å². The van der Waals surface area contributed by atoms with Gasteiger partial charge in [0.2, 0.25) is 0 Å². The maximum atomic E-state index is 12.4. The molecule has 7 nitrogen and oxygen atoms in total. The molecule has 2 amide bonds.